The molecule has 1 aliphatic carbocycles. The smallest absolute Gasteiger partial charge is 0.237 e. The quantitative estimate of drug-likeness (QED) is 0.728. The van der Waals surface area contributed by atoms with Gasteiger partial charge in [-0.15, -0.1) is 0 Å². The summed E-state index contributed by atoms with van der Waals surface area (Å²) in [5, 5.41) is 16.6. The molecule has 110 valence electrons. The van der Waals surface area contributed by atoms with E-state index in [4.69, 9.17) is 0 Å². The molecule has 1 amide bonds. The Labute approximate surface area is 116 Å². The Hall–Kier alpha value is -0.610. The lowest BCUT2D eigenvalue weighted by Crippen LogP contribution is -2.60. The van der Waals surface area contributed by atoms with Crippen LogP contribution in [0.2, 0.25) is 0 Å². The van der Waals surface area contributed by atoms with Crippen LogP contribution in [0.4, 0.5) is 0 Å². The van der Waals surface area contributed by atoms with Crippen molar-refractivity contribution in [2.45, 2.75) is 83.0 Å². The zero-order chi connectivity index (χ0) is 14.3. The van der Waals surface area contributed by atoms with E-state index in [2.05, 4.69) is 10.6 Å². The third-order valence-electron chi connectivity index (χ3n) is 5.14. The van der Waals surface area contributed by atoms with E-state index in [0.717, 1.165) is 6.42 Å². The molecule has 0 radical (unpaired) electrons. The van der Waals surface area contributed by atoms with Crippen molar-refractivity contribution >= 4 is 5.91 Å². The molecule has 3 unspecified atom stereocenters. The first-order valence-electron chi connectivity index (χ1n) is 7.51. The van der Waals surface area contributed by atoms with Gasteiger partial charge in [-0.3, -0.25) is 4.79 Å². The monoisotopic (exact) mass is 268 g/mol. The van der Waals surface area contributed by atoms with Crippen LogP contribution in [0.1, 0.15) is 59.8 Å². The Morgan fingerprint density at radius 2 is 1.84 bits per heavy atom. The van der Waals surface area contributed by atoms with Gasteiger partial charge in [0.1, 0.15) is 0 Å². The maximum absolute atomic E-state index is 12.4. The maximum Gasteiger partial charge on any atom is 0.237 e. The molecule has 2 rings (SSSR count). The first-order valence-corrected chi connectivity index (χ1v) is 7.51. The number of hydrogen-bond acceptors (Lipinski definition) is 3. The molecule has 1 saturated carbocycles. The van der Waals surface area contributed by atoms with Gasteiger partial charge in [-0.05, 0) is 52.9 Å². The van der Waals surface area contributed by atoms with Gasteiger partial charge in [0.25, 0.3) is 0 Å². The lowest BCUT2D eigenvalue weighted by molar-refractivity contribution is -0.128. The van der Waals surface area contributed by atoms with Crippen LogP contribution in [0, 0.1) is 5.92 Å². The second-order valence-electron chi connectivity index (χ2n) is 7.28. The van der Waals surface area contributed by atoms with Gasteiger partial charge in [0.2, 0.25) is 5.91 Å². The SMILES string of the molecule is CC(C)(O)C(C)(C)NC(=O)C1CC2CCCCC2N1. The fourth-order valence-corrected chi connectivity index (χ4v) is 3.07. The molecule has 1 aliphatic heterocycles. The van der Waals surface area contributed by atoms with Crippen LogP contribution in [0.15, 0.2) is 0 Å². The third-order valence-corrected chi connectivity index (χ3v) is 5.14. The van der Waals surface area contributed by atoms with Crippen LogP contribution < -0.4 is 10.6 Å². The van der Waals surface area contributed by atoms with Crippen molar-refractivity contribution in [1.29, 1.82) is 0 Å². The molecular formula is C15H28N2O2. The summed E-state index contributed by atoms with van der Waals surface area (Å²) in [5.74, 6) is 0.691. The normalized spacial score (nSPS) is 31.9. The van der Waals surface area contributed by atoms with Crippen LogP contribution in [0.25, 0.3) is 0 Å². The van der Waals surface area contributed by atoms with Crippen molar-refractivity contribution < 1.29 is 9.90 Å². The lowest BCUT2D eigenvalue weighted by atomic mass is 9.84. The molecule has 0 aromatic carbocycles. The highest BCUT2D eigenvalue weighted by atomic mass is 16.3. The summed E-state index contributed by atoms with van der Waals surface area (Å²) in [4.78, 5) is 12.4. The first kappa shape index (κ1) is 14.8. The van der Waals surface area contributed by atoms with Gasteiger partial charge in [-0.2, -0.15) is 0 Å². The van der Waals surface area contributed by atoms with E-state index in [0.29, 0.717) is 12.0 Å². The van der Waals surface area contributed by atoms with Crippen molar-refractivity contribution in [2.75, 3.05) is 0 Å². The second-order valence-corrected chi connectivity index (χ2v) is 7.28. The van der Waals surface area contributed by atoms with Gasteiger partial charge in [0, 0.05) is 6.04 Å². The zero-order valence-corrected chi connectivity index (χ0v) is 12.6. The van der Waals surface area contributed by atoms with E-state index >= 15 is 0 Å². The Morgan fingerprint density at radius 1 is 1.21 bits per heavy atom. The van der Waals surface area contributed by atoms with Crippen molar-refractivity contribution in [2.24, 2.45) is 5.92 Å². The molecule has 0 aromatic rings. The van der Waals surface area contributed by atoms with E-state index in [9.17, 15) is 9.90 Å². The Morgan fingerprint density at radius 3 is 2.42 bits per heavy atom. The van der Waals surface area contributed by atoms with Crippen molar-refractivity contribution in [1.82, 2.24) is 10.6 Å². The topological polar surface area (TPSA) is 61.4 Å². The molecule has 0 bridgehead atoms. The predicted molar refractivity (Wildman–Crippen MR) is 75.8 cm³/mol. The summed E-state index contributed by atoms with van der Waals surface area (Å²) in [6.07, 6.45) is 5.96. The average molecular weight is 268 g/mol. The first-order chi connectivity index (χ1) is 8.71. The Kier molecular flexibility index (Phi) is 3.94. The Balaban J connectivity index is 1.94. The summed E-state index contributed by atoms with van der Waals surface area (Å²) >= 11 is 0. The van der Waals surface area contributed by atoms with E-state index in [1.165, 1.54) is 25.7 Å². The number of rotatable bonds is 3. The van der Waals surface area contributed by atoms with E-state index in [-0.39, 0.29) is 11.9 Å². The molecule has 2 fully saturated rings. The molecule has 1 heterocycles. The summed E-state index contributed by atoms with van der Waals surface area (Å²) in [5.41, 5.74) is -1.56. The van der Waals surface area contributed by atoms with E-state index in [1.807, 2.05) is 13.8 Å². The largest absolute Gasteiger partial charge is 0.388 e. The summed E-state index contributed by atoms with van der Waals surface area (Å²) < 4.78 is 0. The molecule has 3 atom stereocenters. The number of hydrogen-bond donors (Lipinski definition) is 3. The molecule has 0 aromatic heterocycles. The summed E-state index contributed by atoms with van der Waals surface area (Å²) in [6, 6.07) is 0.435. The highest BCUT2D eigenvalue weighted by molar-refractivity contribution is 5.83. The van der Waals surface area contributed by atoms with Crippen LogP contribution in [0.5, 0.6) is 0 Å². The van der Waals surface area contributed by atoms with E-state index in [1.54, 1.807) is 13.8 Å². The molecule has 4 heteroatoms. The van der Waals surface area contributed by atoms with Crippen LogP contribution >= 0.6 is 0 Å². The second kappa shape index (κ2) is 5.06. The standard InChI is InChI=1S/C15H28N2O2/c1-14(2,15(3,4)19)17-13(18)12-9-10-7-5-6-8-11(10)16-12/h10-12,16,19H,5-9H2,1-4H3,(H,17,18). The number of carbonyl (C=O) groups is 1. The van der Waals surface area contributed by atoms with Crippen molar-refractivity contribution in [3.8, 4) is 0 Å². The minimum atomic E-state index is -0.936. The molecule has 3 N–H and O–H groups in total. The van der Waals surface area contributed by atoms with Gasteiger partial charge >= 0.3 is 0 Å². The van der Waals surface area contributed by atoms with E-state index < -0.39 is 11.1 Å². The predicted octanol–water partition coefficient (Wildman–Crippen LogP) is 1.57. The number of amides is 1. The van der Waals surface area contributed by atoms with Crippen molar-refractivity contribution in [3.05, 3.63) is 0 Å². The van der Waals surface area contributed by atoms with Gasteiger partial charge in [0.15, 0.2) is 0 Å². The number of fused-ring (bicyclic) bond motifs is 1. The number of aliphatic hydroxyl groups is 1. The lowest BCUT2D eigenvalue weighted by Gasteiger charge is -2.38. The van der Waals surface area contributed by atoms with Crippen LogP contribution in [-0.2, 0) is 4.79 Å². The van der Waals surface area contributed by atoms with Gasteiger partial charge in [-0.1, -0.05) is 12.8 Å². The molecule has 0 spiro atoms. The number of carbonyl (C=O) groups excluding carboxylic acids is 1. The molecule has 4 nitrogen and oxygen atoms in total. The fourth-order valence-electron chi connectivity index (χ4n) is 3.07. The van der Waals surface area contributed by atoms with Crippen LogP contribution in [-0.4, -0.2) is 34.2 Å². The van der Waals surface area contributed by atoms with Gasteiger partial charge in [-0.25, -0.2) is 0 Å². The molecular weight excluding hydrogens is 240 g/mol. The number of nitrogens with one attached hydrogen (secondary N) is 2. The highest BCUT2D eigenvalue weighted by Gasteiger charge is 2.42. The summed E-state index contributed by atoms with van der Waals surface area (Å²) in [6.45, 7) is 7.20. The summed E-state index contributed by atoms with van der Waals surface area (Å²) in [7, 11) is 0. The molecule has 2 aliphatic rings. The zero-order valence-electron chi connectivity index (χ0n) is 12.6. The average Bonchev–Trinajstić information content (AvgIpc) is 2.70. The van der Waals surface area contributed by atoms with Crippen LogP contribution in [0.3, 0.4) is 0 Å². The maximum atomic E-state index is 12.4. The fraction of sp³-hybridized carbons (Fsp3) is 0.933. The molecule has 19 heavy (non-hydrogen) atoms. The third kappa shape index (κ3) is 3.11. The minimum Gasteiger partial charge on any atom is -0.388 e. The van der Waals surface area contributed by atoms with Gasteiger partial charge < -0.3 is 15.7 Å². The minimum absolute atomic E-state index is 0.0292. The highest BCUT2D eigenvalue weighted by Crippen LogP contribution is 2.33. The molecule has 1 saturated heterocycles. The Bertz CT molecular complexity index is 333. The van der Waals surface area contributed by atoms with Gasteiger partial charge in [0.05, 0.1) is 17.2 Å². The van der Waals surface area contributed by atoms with Crippen molar-refractivity contribution in [3.63, 3.8) is 0 Å².